The van der Waals surface area contributed by atoms with E-state index in [4.69, 9.17) is 39.9 Å². The molecule has 0 bridgehead atoms. The largest absolute Gasteiger partial charge is 0.493 e. The Kier molecular flexibility index (Phi) is 19.6. The van der Waals surface area contributed by atoms with Gasteiger partial charge in [-0.3, -0.25) is 9.59 Å². The van der Waals surface area contributed by atoms with Crippen molar-refractivity contribution in [3.05, 3.63) is 143 Å². The predicted molar refractivity (Wildman–Crippen MR) is 257 cm³/mol. The summed E-state index contributed by atoms with van der Waals surface area (Å²) in [5, 5.41) is 22.8. The SMILES string of the molecule is COc1cc(C(=O)Oc2ccc(/C=C/C(=O)CC(c3ccc(N)cc3N)C(O)(O)C(=O)/C=C/c3ccc(OC(=O)c4ccc(OCCCCC(F)(F)F)c(OC)c4)cc3)cc2)ccc1OCCCCC(F)(F)F. The molecule has 0 amide bonds. The van der Waals surface area contributed by atoms with Gasteiger partial charge in [0.2, 0.25) is 11.6 Å². The molecule has 5 aromatic rings. The molecular weight excluding hydrogens is 971 g/mol. The van der Waals surface area contributed by atoms with Crippen molar-refractivity contribution in [2.75, 3.05) is 38.9 Å². The number of ketones is 2. The smallest absolute Gasteiger partial charge is 0.389 e. The third-order valence-corrected chi connectivity index (χ3v) is 10.8. The third kappa shape index (κ3) is 17.5. The Bertz CT molecular complexity index is 2760. The third-order valence-electron chi connectivity index (χ3n) is 10.8. The van der Waals surface area contributed by atoms with Crippen LogP contribution >= 0.6 is 0 Å². The Balaban J connectivity index is 1.18. The van der Waals surface area contributed by atoms with E-state index in [9.17, 15) is 55.7 Å². The summed E-state index contributed by atoms with van der Waals surface area (Å²) >= 11 is 0. The van der Waals surface area contributed by atoms with E-state index in [0.717, 1.165) is 12.2 Å². The second-order valence-electron chi connectivity index (χ2n) is 16.4. The summed E-state index contributed by atoms with van der Waals surface area (Å²) in [6, 6.07) is 24.3. The molecule has 0 aliphatic rings. The van der Waals surface area contributed by atoms with Crippen LogP contribution in [0.5, 0.6) is 34.5 Å². The topological polar surface area (TPSA) is 216 Å². The number of rotatable bonds is 25. The minimum absolute atomic E-state index is 0.00239. The van der Waals surface area contributed by atoms with Crippen LogP contribution in [0.4, 0.5) is 37.7 Å². The lowest BCUT2D eigenvalue weighted by molar-refractivity contribution is -0.187. The van der Waals surface area contributed by atoms with Crippen molar-refractivity contribution in [3.8, 4) is 34.5 Å². The molecule has 1 unspecified atom stereocenters. The fourth-order valence-corrected chi connectivity index (χ4v) is 6.98. The van der Waals surface area contributed by atoms with Gasteiger partial charge in [0.25, 0.3) is 0 Å². The van der Waals surface area contributed by atoms with Gasteiger partial charge in [-0.05, 0) is 127 Å². The van der Waals surface area contributed by atoms with Gasteiger partial charge in [-0.1, -0.05) is 42.5 Å². The highest BCUT2D eigenvalue weighted by Gasteiger charge is 2.43. The lowest BCUT2D eigenvalue weighted by Gasteiger charge is -2.30. The Morgan fingerprint density at radius 2 is 1.03 bits per heavy atom. The Labute approximate surface area is 415 Å². The zero-order valence-corrected chi connectivity index (χ0v) is 39.5. The van der Waals surface area contributed by atoms with Gasteiger partial charge < -0.3 is 50.1 Å². The average molecular weight is 1020 g/mol. The fourth-order valence-electron chi connectivity index (χ4n) is 6.98. The van der Waals surface area contributed by atoms with Crippen molar-refractivity contribution < 1.29 is 84.2 Å². The number of nitrogen functional groups attached to an aromatic ring is 2. The van der Waals surface area contributed by atoms with E-state index in [-0.39, 0.29) is 101 Å². The number of alkyl halides is 6. The van der Waals surface area contributed by atoms with Crippen LogP contribution in [0.1, 0.15) is 88.3 Å². The molecule has 0 spiro atoms. The monoisotopic (exact) mass is 1020 g/mol. The normalized spacial score (nSPS) is 12.4. The lowest BCUT2D eigenvalue weighted by atomic mass is 9.82. The molecule has 0 saturated carbocycles. The molecular formula is C53H52F6N2O12. The number of anilines is 2. The quantitative estimate of drug-likeness (QED) is 0.00814. The number of nitrogens with two attached hydrogens (primary N) is 2. The molecule has 388 valence electrons. The number of aliphatic hydroxyl groups is 2. The van der Waals surface area contributed by atoms with Gasteiger partial charge in [0.1, 0.15) is 11.5 Å². The molecule has 0 aliphatic carbocycles. The minimum atomic E-state index is -4.26. The highest BCUT2D eigenvalue weighted by atomic mass is 19.4. The lowest BCUT2D eigenvalue weighted by Crippen LogP contribution is -2.44. The van der Waals surface area contributed by atoms with Gasteiger partial charge >= 0.3 is 24.3 Å². The number of benzene rings is 5. The van der Waals surface area contributed by atoms with Crippen LogP contribution in [0.25, 0.3) is 12.2 Å². The molecule has 0 heterocycles. The zero-order valence-electron chi connectivity index (χ0n) is 39.5. The second-order valence-corrected chi connectivity index (χ2v) is 16.4. The van der Waals surface area contributed by atoms with Crippen LogP contribution in [0.15, 0.2) is 115 Å². The average Bonchev–Trinajstić information content (AvgIpc) is 3.34. The first-order valence-corrected chi connectivity index (χ1v) is 22.5. The van der Waals surface area contributed by atoms with Gasteiger partial charge in [0.15, 0.2) is 28.8 Å². The number of halogens is 6. The maximum absolute atomic E-state index is 13.5. The first-order chi connectivity index (χ1) is 34.5. The second kappa shape index (κ2) is 25.5. The predicted octanol–water partition coefficient (Wildman–Crippen LogP) is 10.2. The van der Waals surface area contributed by atoms with Crippen molar-refractivity contribution in [1.29, 1.82) is 0 Å². The first-order valence-electron chi connectivity index (χ1n) is 22.5. The summed E-state index contributed by atoms with van der Waals surface area (Å²) < 4.78 is 107. The number of allylic oxidation sites excluding steroid dienone is 1. The summed E-state index contributed by atoms with van der Waals surface area (Å²) in [6.07, 6.45) is -6.12. The number of unbranched alkanes of at least 4 members (excludes halogenated alkanes) is 2. The number of hydrogen-bond acceptors (Lipinski definition) is 14. The zero-order chi connectivity index (χ0) is 53.3. The van der Waals surface area contributed by atoms with Gasteiger partial charge in [-0.15, -0.1) is 0 Å². The Hall–Kier alpha value is -7.84. The Morgan fingerprint density at radius 3 is 1.45 bits per heavy atom. The summed E-state index contributed by atoms with van der Waals surface area (Å²) in [4.78, 5) is 52.8. The molecule has 0 radical (unpaired) electrons. The van der Waals surface area contributed by atoms with E-state index in [1.54, 1.807) is 12.1 Å². The Morgan fingerprint density at radius 1 is 0.575 bits per heavy atom. The molecule has 1 atom stereocenters. The molecule has 5 rings (SSSR count). The molecule has 6 N–H and O–H groups in total. The summed E-state index contributed by atoms with van der Waals surface area (Å²) in [7, 11) is 2.67. The molecule has 0 aromatic heterocycles. The van der Waals surface area contributed by atoms with E-state index >= 15 is 0 Å². The van der Waals surface area contributed by atoms with E-state index in [1.807, 2.05) is 0 Å². The van der Waals surface area contributed by atoms with Gasteiger partial charge in [0, 0.05) is 30.6 Å². The molecule has 0 fully saturated rings. The molecule has 14 nitrogen and oxygen atoms in total. The molecule has 73 heavy (non-hydrogen) atoms. The van der Waals surface area contributed by atoms with Gasteiger partial charge in [-0.25, -0.2) is 9.59 Å². The van der Waals surface area contributed by atoms with Crippen molar-refractivity contribution in [3.63, 3.8) is 0 Å². The minimum Gasteiger partial charge on any atom is -0.493 e. The van der Waals surface area contributed by atoms with Crippen LogP contribution in [-0.4, -0.2) is 79.3 Å². The van der Waals surface area contributed by atoms with Crippen molar-refractivity contribution in [2.45, 2.75) is 69.0 Å². The van der Waals surface area contributed by atoms with E-state index < -0.39 is 66.8 Å². The van der Waals surface area contributed by atoms with Crippen LogP contribution in [0.2, 0.25) is 0 Å². The molecule has 0 aliphatic heterocycles. The molecule has 20 heteroatoms. The fraction of sp³-hybridized carbons (Fsp3) is 0.283. The first kappa shape index (κ1) is 56.1. The number of hydrogen-bond donors (Lipinski definition) is 4. The van der Waals surface area contributed by atoms with Crippen molar-refractivity contribution in [2.24, 2.45) is 0 Å². The number of ether oxygens (including phenoxy) is 6. The molecule has 5 aromatic carbocycles. The van der Waals surface area contributed by atoms with E-state index in [2.05, 4.69) is 0 Å². The highest BCUT2D eigenvalue weighted by molar-refractivity contribution is 6.01. The van der Waals surface area contributed by atoms with Crippen LogP contribution in [0, 0.1) is 0 Å². The van der Waals surface area contributed by atoms with Gasteiger partial charge in [-0.2, -0.15) is 26.3 Å². The number of carbonyl (C=O) groups is 4. The van der Waals surface area contributed by atoms with Crippen LogP contribution in [-0.2, 0) is 9.59 Å². The van der Waals surface area contributed by atoms with Crippen LogP contribution < -0.4 is 39.9 Å². The number of methoxy groups -OCH3 is 2. The summed E-state index contributed by atoms with van der Waals surface area (Å²) in [5.41, 5.74) is 13.4. The van der Waals surface area contributed by atoms with Crippen molar-refractivity contribution >= 4 is 47.0 Å². The molecule has 0 saturated heterocycles. The maximum Gasteiger partial charge on any atom is 0.389 e. The number of carbonyl (C=O) groups excluding carboxylic acids is 4. The van der Waals surface area contributed by atoms with Gasteiger partial charge in [0.05, 0.1) is 44.5 Å². The number of esters is 2. The van der Waals surface area contributed by atoms with E-state index in [0.29, 0.717) is 11.1 Å². The summed E-state index contributed by atoms with van der Waals surface area (Å²) in [6.45, 7) is 0.0108. The van der Waals surface area contributed by atoms with Crippen molar-refractivity contribution in [1.82, 2.24) is 0 Å². The maximum atomic E-state index is 13.5. The van der Waals surface area contributed by atoms with E-state index in [1.165, 1.54) is 117 Å². The van der Waals surface area contributed by atoms with Crippen LogP contribution in [0.3, 0.4) is 0 Å². The highest BCUT2D eigenvalue weighted by Crippen LogP contribution is 2.37. The summed E-state index contributed by atoms with van der Waals surface area (Å²) in [5.74, 6) is -7.07. The standard InChI is InChI=1S/C53H52F6N2O12/c1-68-46-29-35(13-22-44(46)70-27-5-3-25-51(54,55)56)49(64)72-39-17-8-33(9-18-39)7-16-38(62)32-42(41-21-15-37(60)31-43(41)61)53(66,67)48(63)24-12-34-10-19-40(20-11-34)73-50(65)36-14-23-45(47(30-36)69-2)71-28-6-4-26-52(57,58)59/h7-24,29-31,42,66-67H,3-6,25-28,32,60-61H2,1-2H3/b16-7+,24-12+.